The molecule has 2 atom stereocenters. The van der Waals surface area contributed by atoms with Crippen molar-refractivity contribution < 1.29 is 9.15 Å². The molecule has 3 heteroatoms. The second-order valence-corrected chi connectivity index (χ2v) is 3.60. The third-order valence-corrected chi connectivity index (χ3v) is 2.26. The largest absolute Gasteiger partial charge is 0.467 e. The van der Waals surface area contributed by atoms with Crippen LogP contribution in [0.2, 0.25) is 0 Å². The molecule has 0 aliphatic carbocycles. The summed E-state index contributed by atoms with van der Waals surface area (Å²) in [5.41, 5.74) is 0. The lowest BCUT2D eigenvalue weighted by Crippen LogP contribution is -2.22. The first-order chi connectivity index (χ1) is 6.36. The lowest BCUT2D eigenvalue weighted by atomic mass is 10.2. The number of nitrogens with one attached hydrogen (secondary N) is 1. The highest BCUT2D eigenvalue weighted by Crippen LogP contribution is 2.19. The van der Waals surface area contributed by atoms with Crippen molar-refractivity contribution in [2.75, 3.05) is 19.7 Å². The van der Waals surface area contributed by atoms with E-state index in [0.29, 0.717) is 5.92 Å². The Bertz CT molecular complexity index is 245. The van der Waals surface area contributed by atoms with E-state index in [1.54, 1.807) is 6.26 Å². The summed E-state index contributed by atoms with van der Waals surface area (Å²) < 4.78 is 11.0. The minimum Gasteiger partial charge on any atom is -0.467 e. The molecule has 1 fully saturated rings. The Morgan fingerprint density at radius 1 is 1.46 bits per heavy atom. The van der Waals surface area contributed by atoms with Crippen LogP contribution in [0.3, 0.4) is 0 Å². The van der Waals surface area contributed by atoms with Crippen LogP contribution in [0.1, 0.15) is 18.8 Å². The summed E-state index contributed by atoms with van der Waals surface area (Å²) in [6, 6.07) is 3.86. The van der Waals surface area contributed by atoms with Crippen LogP contribution in [-0.2, 0) is 4.74 Å². The smallest absolute Gasteiger partial charge is 0.133 e. The van der Waals surface area contributed by atoms with Gasteiger partial charge in [-0.2, -0.15) is 0 Å². The molecular weight excluding hydrogens is 166 g/mol. The summed E-state index contributed by atoms with van der Waals surface area (Å²) in [7, 11) is 0. The number of hydrogen-bond acceptors (Lipinski definition) is 3. The molecule has 72 valence electrons. The van der Waals surface area contributed by atoms with E-state index in [4.69, 9.17) is 9.15 Å². The van der Waals surface area contributed by atoms with Gasteiger partial charge in [0.05, 0.1) is 12.9 Å². The van der Waals surface area contributed by atoms with Crippen LogP contribution in [0.15, 0.2) is 22.8 Å². The number of hydrogen-bond donors (Lipinski definition) is 1. The van der Waals surface area contributed by atoms with E-state index in [9.17, 15) is 0 Å². The van der Waals surface area contributed by atoms with E-state index in [-0.39, 0.29) is 6.10 Å². The molecule has 0 saturated carbocycles. The van der Waals surface area contributed by atoms with Gasteiger partial charge in [-0.05, 0) is 18.1 Å². The fourth-order valence-electron chi connectivity index (χ4n) is 1.52. The molecule has 1 N–H and O–H groups in total. The molecule has 2 heterocycles. The average Bonchev–Trinajstić information content (AvgIpc) is 2.56. The highest BCUT2D eigenvalue weighted by Gasteiger charge is 2.19. The molecule has 3 nitrogen and oxygen atoms in total. The molecule has 1 saturated heterocycles. The van der Waals surface area contributed by atoms with Crippen molar-refractivity contribution in [3.8, 4) is 0 Å². The van der Waals surface area contributed by atoms with Gasteiger partial charge >= 0.3 is 0 Å². The van der Waals surface area contributed by atoms with Crippen LogP contribution in [0.25, 0.3) is 0 Å². The van der Waals surface area contributed by atoms with E-state index in [1.165, 1.54) is 0 Å². The molecule has 1 aromatic rings. The van der Waals surface area contributed by atoms with Crippen molar-refractivity contribution in [1.82, 2.24) is 5.32 Å². The standard InChI is InChI=1S/C10H15NO2/c1-8-5-11-6-10(13-7-8)9-3-2-4-12-9/h2-4,8,10-11H,5-7H2,1H3. The number of rotatable bonds is 1. The molecule has 0 bridgehead atoms. The molecule has 2 unspecified atom stereocenters. The second-order valence-electron chi connectivity index (χ2n) is 3.60. The van der Waals surface area contributed by atoms with Gasteiger partial charge in [0, 0.05) is 13.1 Å². The zero-order chi connectivity index (χ0) is 9.10. The maximum absolute atomic E-state index is 5.70. The monoisotopic (exact) mass is 181 g/mol. The highest BCUT2D eigenvalue weighted by molar-refractivity contribution is 5.03. The normalized spacial score (nSPS) is 29.9. The molecule has 0 spiro atoms. The Balaban J connectivity index is 2.00. The van der Waals surface area contributed by atoms with Crippen LogP contribution in [0.4, 0.5) is 0 Å². The van der Waals surface area contributed by atoms with Gasteiger partial charge < -0.3 is 14.5 Å². The minimum absolute atomic E-state index is 0.0833. The van der Waals surface area contributed by atoms with Gasteiger partial charge in [-0.15, -0.1) is 0 Å². The maximum Gasteiger partial charge on any atom is 0.133 e. The molecule has 1 aliphatic rings. The van der Waals surface area contributed by atoms with Gasteiger partial charge in [0.1, 0.15) is 11.9 Å². The number of ether oxygens (including phenoxy) is 1. The third-order valence-electron chi connectivity index (χ3n) is 2.26. The van der Waals surface area contributed by atoms with Gasteiger partial charge in [-0.1, -0.05) is 6.92 Å². The Morgan fingerprint density at radius 2 is 2.38 bits per heavy atom. The molecule has 1 aromatic heterocycles. The number of furan rings is 1. The van der Waals surface area contributed by atoms with E-state index >= 15 is 0 Å². The van der Waals surface area contributed by atoms with Crippen molar-refractivity contribution in [2.45, 2.75) is 13.0 Å². The van der Waals surface area contributed by atoms with Gasteiger partial charge in [0.2, 0.25) is 0 Å². The highest BCUT2D eigenvalue weighted by atomic mass is 16.5. The summed E-state index contributed by atoms with van der Waals surface area (Å²) >= 11 is 0. The van der Waals surface area contributed by atoms with Crippen molar-refractivity contribution in [2.24, 2.45) is 5.92 Å². The molecule has 13 heavy (non-hydrogen) atoms. The first kappa shape index (κ1) is 8.78. The van der Waals surface area contributed by atoms with Gasteiger partial charge in [0.25, 0.3) is 0 Å². The van der Waals surface area contributed by atoms with Crippen LogP contribution in [0.5, 0.6) is 0 Å². The third kappa shape index (κ3) is 2.11. The van der Waals surface area contributed by atoms with E-state index in [0.717, 1.165) is 25.5 Å². The van der Waals surface area contributed by atoms with Gasteiger partial charge in [0.15, 0.2) is 0 Å². The van der Waals surface area contributed by atoms with Crippen molar-refractivity contribution in [1.29, 1.82) is 0 Å². The average molecular weight is 181 g/mol. The molecule has 2 rings (SSSR count). The lowest BCUT2D eigenvalue weighted by molar-refractivity contribution is 0.0376. The Hall–Kier alpha value is -0.800. The summed E-state index contributed by atoms with van der Waals surface area (Å²) in [5, 5.41) is 3.35. The predicted octanol–water partition coefficient (Wildman–Crippen LogP) is 1.58. The van der Waals surface area contributed by atoms with Crippen LogP contribution in [0, 0.1) is 5.92 Å². The Morgan fingerprint density at radius 3 is 3.15 bits per heavy atom. The van der Waals surface area contributed by atoms with Crippen molar-refractivity contribution in [3.05, 3.63) is 24.2 Å². The molecule has 0 radical (unpaired) electrons. The minimum atomic E-state index is 0.0833. The summed E-state index contributed by atoms with van der Waals surface area (Å²) in [5.74, 6) is 1.50. The van der Waals surface area contributed by atoms with Crippen molar-refractivity contribution >= 4 is 0 Å². The van der Waals surface area contributed by atoms with E-state index < -0.39 is 0 Å². The summed E-state index contributed by atoms with van der Waals surface area (Å²) in [6.07, 6.45) is 1.77. The van der Waals surface area contributed by atoms with E-state index in [1.807, 2.05) is 12.1 Å². The van der Waals surface area contributed by atoms with Gasteiger partial charge in [-0.3, -0.25) is 0 Å². The summed E-state index contributed by atoms with van der Waals surface area (Å²) in [4.78, 5) is 0. The van der Waals surface area contributed by atoms with Crippen LogP contribution in [-0.4, -0.2) is 19.7 Å². The Kier molecular flexibility index (Phi) is 2.66. The zero-order valence-electron chi connectivity index (χ0n) is 7.82. The lowest BCUT2D eigenvalue weighted by Gasteiger charge is -2.11. The van der Waals surface area contributed by atoms with E-state index in [2.05, 4.69) is 12.2 Å². The van der Waals surface area contributed by atoms with Crippen molar-refractivity contribution in [3.63, 3.8) is 0 Å². The van der Waals surface area contributed by atoms with Crippen LogP contribution < -0.4 is 5.32 Å². The first-order valence-electron chi connectivity index (χ1n) is 4.72. The SMILES string of the molecule is CC1CNCC(c2ccco2)OC1. The van der Waals surface area contributed by atoms with Gasteiger partial charge in [-0.25, -0.2) is 0 Å². The van der Waals surface area contributed by atoms with Crippen LogP contribution >= 0.6 is 0 Å². The molecule has 0 amide bonds. The fraction of sp³-hybridized carbons (Fsp3) is 0.600. The molecular formula is C10H15NO2. The fourth-order valence-corrected chi connectivity index (χ4v) is 1.52. The first-order valence-corrected chi connectivity index (χ1v) is 4.72. The molecule has 0 aromatic carbocycles. The second kappa shape index (κ2) is 3.94. The quantitative estimate of drug-likeness (QED) is 0.714. The maximum atomic E-state index is 5.70. The Labute approximate surface area is 78.1 Å². The molecule has 1 aliphatic heterocycles. The zero-order valence-corrected chi connectivity index (χ0v) is 7.82. The predicted molar refractivity (Wildman–Crippen MR) is 49.4 cm³/mol. The summed E-state index contributed by atoms with van der Waals surface area (Å²) in [6.45, 7) is 4.85. The topological polar surface area (TPSA) is 34.4 Å².